The average Bonchev–Trinajstić information content (AvgIpc) is 2.43. The highest BCUT2D eigenvalue weighted by atomic mass is 79.9. The first kappa shape index (κ1) is 16.4. The molecule has 0 amide bonds. The van der Waals surface area contributed by atoms with Crippen LogP contribution in [0.4, 0.5) is 5.69 Å². The fourth-order valence-corrected chi connectivity index (χ4v) is 5.45. The molecule has 0 fully saturated rings. The van der Waals surface area contributed by atoms with Gasteiger partial charge in [-0.1, -0.05) is 15.9 Å². The molecule has 0 aliphatic rings. The van der Waals surface area contributed by atoms with E-state index in [9.17, 15) is 8.42 Å². The smallest absolute Gasteiger partial charge is 0.264 e. The molecule has 2 rings (SSSR count). The third kappa shape index (κ3) is 3.63. The van der Waals surface area contributed by atoms with Crippen molar-refractivity contribution in [3.05, 3.63) is 49.6 Å². The van der Waals surface area contributed by atoms with E-state index in [-0.39, 0.29) is 10.6 Å². The van der Waals surface area contributed by atoms with Gasteiger partial charge in [0.05, 0.1) is 5.69 Å². The number of hydrogen-bond acceptors (Lipinski definition) is 4. The molecule has 0 saturated heterocycles. The van der Waals surface area contributed by atoms with Crippen LogP contribution in [0.2, 0.25) is 0 Å². The minimum Gasteiger partial charge on any atom is -0.277 e. The van der Waals surface area contributed by atoms with Gasteiger partial charge in [-0.3, -0.25) is 4.72 Å². The molecule has 0 aliphatic carbocycles. The van der Waals surface area contributed by atoms with Gasteiger partial charge in [0.15, 0.2) is 5.69 Å². The van der Waals surface area contributed by atoms with Crippen LogP contribution in [0.25, 0.3) is 0 Å². The first-order chi connectivity index (χ1) is 9.85. The largest absolute Gasteiger partial charge is 0.277 e. The number of anilines is 1. The van der Waals surface area contributed by atoms with Gasteiger partial charge in [-0.15, -0.1) is 0 Å². The van der Waals surface area contributed by atoms with E-state index in [1.54, 1.807) is 18.2 Å². The highest BCUT2D eigenvalue weighted by Gasteiger charge is 2.21. The van der Waals surface area contributed by atoms with Gasteiger partial charge in [-0.25, -0.2) is 13.4 Å². The number of aromatic nitrogens is 1. The first-order valence-electron chi connectivity index (χ1n) is 5.37. The highest BCUT2D eigenvalue weighted by Crippen LogP contribution is 2.35. The summed E-state index contributed by atoms with van der Waals surface area (Å²) in [5.41, 5.74) is 0.181. The van der Waals surface area contributed by atoms with Gasteiger partial charge >= 0.3 is 0 Å². The summed E-state index contributed by atoms with van der Waals surface area (Å²) in [6.07, 6.45) is 1.36. The van der Waals surface area contributed by atoms with Gasteiger partial charge in [0.25, 0.3) is 10.0 Å². The van der Waals surface area contributed by atoms with Crippen LogP contribution in [0.5, 0.6) is 0 Å². The fourth-order valence-electron chi connectivity index (χ4n) is 1.52. The van der Waals surface area contributed by atoms with Gasteiger partial charge < -0.3 is 0 Å². The Morgan fingerprint density at radius 3 is 2.38 bits per heavy atom. The average molecular weight is 496 g/mol. The van der Waals surface area contributed by atoms with Crippen molar-refractivity contribution in [3.8, 4) is 6.07 Å². The highest BCUT2D eigenvalue weighted by molar-refractivity contribution is 9.11. The fraction of sp³-hybridized carbons (Fsp3) is 0. The lowest BCUT2D eigenvalue weighted by Gasteiger charge is -2.12. The maximum atomic E-state index is 12.4. The molecule has 2 aromatic rings. The van der Waals surface area contributed by atoms with Gasteiger partial charge in [0, 0.05) is 19.6 Å². The summed E-state index contributed by atoms with van der Waals surface area (Å²) in [6, 6.07) is 7.96. The normalized spacial score (nSPS) is 11.0. The topological polar surface area (TPSA) is 82.8 Å². The summed E-state index contributed by atoms with van der Waals surface area (Å²) >= 11 is 9.89. The van der Waals surface area contributed by atoms with Gasteiger partial charge in [-0.2, -0.15) is 5.26 Å². The van der Waals surface area contributed by atoms with Crippen LogP contribution in [-0.4, -0.2) is 13.4 Å². The molecule has 0 unspecified atom stereocenters. The Morgan fingerprint density at radius 1 is 1.19 bits per heavy atom. The molecule has 1 heterocycles. The van der Waals surface area contributed by atoms with Crippen LogP contribution in [-0.2, 0) is 10.0 Å². The number of hydrogen-bond donors (Lipinski definition) is 1. The summed E-state index contributed by atoms with van der Waals surface area (Å²) in [5, 5.41) is 8.96. The second kappa shape index (κ2) is 6.44. The number of halogens is 3. The van der Waals surface area contributed by atoms with Crippen molar-refractivity contribution in [2.24, 2.45) is 0 Å². The Bertz CT molecular complexity index is 824. The number of rotatable bonds is 3. The van der Waals surface area contributed by atoms with E-state index in [2.05, 4.69) is 57.5 Å². The molecular formula is C12H6Br3N3O2S. The number of nitrogens with one attached hydrogen (secondary N) is 1. The molecule has 0 atom stereocenters. The molecular weight excluding hydrogens is 490 g/mol. The van der Waals surface area contributed by atoms with Crippen LogP contribution in [0.1, 0.15) is 5.69 Å². The standard InChI is InChI=1S/C12H6Br3N3O2S/c13-7-4-8(14)12(9(15)5-7)18-21(19,20)11-2-1-3-17-10(11)6-16/h1-5,18H. The lowest BCUT2D eigenvalue weighted by Crippen LogP contribution is -2.15. The summed E-state index contributed by atoms with van der Waals surface area (Å²) in [6.45, 7) is 0. The molecule has 0 aliphatic heterocycles. The first-order valence-corrected chi connectivity index (χ1v) is 9.24. The van der Waals surface area contributed by atoms with E-state index in [4.69, 9.17) is 5.26 Å². The number of pyridine rings is 1. The van der Waals surface area contributed by atoms with E-state index in [0.717, 1.165) is 4.47 Å². The Kier molecular flexibility index (Phi) is 5.03. The molecule has 0 saturated carbocycles. The number of sulfonamides is 1. The minimum absolute atomic E-state index is 0.158. The Balaban J connectivity index is 2.51. The predicted molar refractivity (Wildman–Crippen MR) is 89.3 cm³/mol. The van der Waals surface area contributed by atoms with Crippen molar-refractivity contribution in [1.82, 2.24) is 4.98 Å². The molecule has 1 aromatic carbocycles. The molecule has 0 bridgehead atoms. The van der Waals surface area contributed by atoms with E-state index >= 15 is 0 Å². The zero-order chi connectivity index (χ0) is 15.6. The lowest BCUT2D eigenvalue weighted by atomic mass is 10.3. The molecule has 9 heteroatoms. The summed E-state index contributed by atoms with van der Waals surface area (Å²) < 4.78 is 29.2. The maximum absolute atomic E-state index is 12.4. The third-order valence-electron chi connectivity index (χ3n) is 2.41. The molecule has 1 aromatic heterocycles. The van der Waals surface area contributed by atoms with Crippen molar-refractivity contribution in [1.29, 1.82) is 5.26 Å². The second-order valence-electron chi connectivity index (χ2n) is 3.81. The zero-order valence-corrected chi connectivity index (χ0v) is 15.7. The molecule has 5 nitrogen and oxygen atoms in total. The maximum Gasteiger partial charge on any atom is 0.264 e. The summed E-state index contributed by atoms with van der Waals surface area (Å²) in [5.74, 6) is 0. The van der Waals surface area contributed by atoms with Crippen LogP contribution in [0.3, 0.4) is 0 Å². The lowest BCUT2D eigenvalue weighted by molar-refractivity contribution is 0.600. The van der Waals surface area contributed by atoms with Crippen LogP contribution >= 0.6 is 47.8 Å². The second-order valence-corrected chi connectivity index (χ2v) is 8.09. The Hall–Kier alpha value is -0.950. The van der Waals surface area contributed by atoms with Crippen molar-refractivity contribution < 1.29 is 8.42 Å². The monoisotopic (exact) mass is 493 g/mol. The number of nitrogens with zero attached hydrogens (tertiary/aromatic N) is 2. The van der Waals surface area contributed by atoms with Gasteiger partial charge in [0.2, 0.25) is 0 Å². The van der Waals surface area contributed by atoms with E-state index < -0.39 is 10.0 Å². The number of benzene rings is 1. The zero-order valence-electron chi connectivity index (χ0n) is 10.1. The van der Waals surface area contributed by atoms with Crippen LogP contribution < -0.4 is 4.72 Å². The molecule has 1 N–H and O–H groups in total. The Morgan fingerprint density at radius 2 is 1.81 bits per heavy atom. The van der Waals surface area contributed by atoms with Gasteiger partial charge in [0.1, 0.15) is 11.0 Å². The van der Waals surface area contributed by atoms with Gasteiger partial charge in [-0.05, 0) is 56.1 Å². The van der Waals surface area contributed by atoms with Crippen LogP contribution in [0.15, 0.2) is 48.8 Å². The third-order valence-corrected chi connectivity index (χ3v) is 5.50. The molecule has 0 spiro atoms. The molecule has 21 heavy (non-hydrogen) atoms. The summed E-state index contributed by atoms with van der Waals surface area (Å²) in [7, 11) is -3.92. The number of nitriles is 1. The molecule has 0 radical (unpaired) electrons. The minimum atomic E-state index is -3.92. The quantitative estimate of drug-likeness (QED) is 0.696. The van der Waals surface area contributed by atoms with Crippen molar-refractivity contribution in [3.63, 3.8) is 0 Å². The van der Waals surface area contributed by atoms with E-state index in [0.29, 0.717) is 14.6 Å². The predicted octanol–water partition coefficient (Wildman–Crippen LogP) is 4.04. The van der Waals surface area contributed by atoms with E-state index in [1.807, 2.05) is 0 Å². The van der Waals surface area contributed by atoms with Crippen molar-refractivity contribution in [2.75, 3.05) is 4.72 Å². The molecule has 108 valence electrons. The summed E-state index contributed by atoms with van der Waals surface area (Å²) in [4.78, 5) is 3.58. The van der Waals surface area contributed by atoms with Crippen LogP contribution in [0, 0.1) is 11.3 Å². The Labute approximate surface area is 146 Å². The van der Waals surface area contributed by atoms with Crippen molar-refractivity contribution in [2.45, 2.75) is 4.90 Å². The van der Waals surface area contributed by atoms with E-state index in [1.165, 1.54) is 18.3 Å². The SMILES string of the molecule is N#Cc1ncccc1S(=O)(=O)Nc1c(Br)cc(Br)cc1Br. The van der Waals surface area contributed by atoms with Crippen molar-refractivity contribution >= 4 is 63.5 Å².